The average Bonchev–Trinajstić information content (AvgIpc) is 2.35. The molecule has 2 nitrogen and oxygen atoms in total. The number of hydrogen-bond donors (Lipinski definition) is 1. The van der Waals surface area contributed by atoms with Crippen molar-refractivity contribution in [3.63, 3.8) is 0 Å². The SMILES string of the molecule is CC(N)Cc1ccc(Oc2ccc(F)cc2)cc1Cl. The molecule has 100 valence electrons. The minimum absolute atomic E-state index is 0.0568. The van der Waals surface area contributed by atoms with Crippen LogP contribution in [-0.2, 0) is 6.42 Å². The third-order valence-corrected chi connectivity index (χ3v) is 2.97. The van der Waals surface area contributed by atoms with Gasteiger partial charge < -0.3 is 10.5 Å². The Bertz CT molecular complexity index is 555. The third-order valence-electron chi connectivity index (χ3n) is 2.62. The van der Waals surface area contributed by atoms with Crippen LogP contribution in [-0.4, -0.2) is 6.04 Å². The molecule has 0 amide bonds. The molecule has 1 unspecified atom stereocenters. The Labute approximate surface area is 117 Å². The molecule has 0 radical (unpaired) electrons. The van der Waals surface area contributed by atoms with Crippen LogP contribution >= 0.6 is 11.6 Å². The zero-order valence-electron chi connectivity index (χ0n) is 10.6. The van der Waals surface area contributed by atoms with Crippen LogP contribution in [0.2, 0.25) is 5.02 Å². The van der Waals surface area contributed by atoms with E-state index in [2.05, 4.69) is 0 Å². The minimum Gasteiger partial charge on any atom is -0.457 e. The molecule has 1 atom stereocenters. The van der Waals surface area contributed by atoms with Gasteiger partial charge in [-0.15, -0.1) is 0 Å². The van der Waals surface area contributed by atoms with Gasteiger partial charge in [-0.1, -0.05) is 17.7 Å². The van der Waals surface area contributed by atoms with Gasteiger partial charge in [0, 0.05) is 11.1 Å². The highest BCUT2D eigenvalue weighted by atomic mass is 35.5. The van der Waals surface area contributed by atoms with E-state index in [0.29, 0.717) is 16.5 Å². The first-order chi connectivity index (χ1) is 9.04. The van der Waals surface area contributed by atoms with Gasteiger partial charge in [-0.05, 0) is 55.3 Å². The lowest BCUT2D eigenvalue weighted by Gasteiger charge is -2.10. The smallest absolute Gasteiger partial charge is 0.128 e. The molecule has 0 aliphatic rings. The van der Waals surface area contributed by atoms with E-state index in [1.54, 1.807) is 18.2 Å². The van der Waals surface area contributed by atoms with Crippen molar-refractivity contribution in [3.05, 3.63) is 58.9 Å². The van der Waals surface area contributed by atoms with Crippen LogP contribution in [0, 0.1) is 5.82 Å². The Morgan fingerprint density at radius 1 is 1.16 bits per heavy atom. The Morgan fingerprint density at radius 3 is 2.37 bits per heavy atom. The van der Waals surface area contributed by atoms with Crippen molar-refractivity contribution < 1.29 is 9.13 Å². The van der Waals surface area contributed by atoms with Crippen molar-refractivity contribution in [1.82, 2.24) is 0 Å². The second kappa shape index (κ2) is 6.04. The van der Waals surface area contributed by atoms with E-state index in [1.165, 1.54) is 12.1 Å². The molecule has 0 saturated heterocycles. The Hall–Kier alpha value is -1.58. The fourth-order valence-electron chi connectivity index (χ4n) is 1.74. The van der Waals surface area contributed by atoms with Crippen LogP contribution < -0.4 is 10.5 Å². The molecule has 0 fully saturated rings. The molecule has 0 heterocycles. The zero-order valence-corrected chi connectivity index (χ0v) is 11.3. The summed E-state index contributed by atoms with van der Waals surface area (Å²) < 4.78 is 18.4. The van der Waals surface area contributed by atoms with E-state index in [9.17, 15) is 4.39 Å². The first-order valence-electron chi connectivity index (χ1n) is 6.02. The molecule has 0 bridgehead atoms. The van der Waals surface area contributed by atoms with Gasteiger partial charge in [-0.2, -0.15) is 0 Å². The summed E-state index contributed by atoms with van der Waals surface area (Å²) in [5.41, 5.74) is 6.73. The van der Waals surface area contributed by atoms with Crippen LogP contribution in [0.4, 0.5) is 4.39 Å². The van der Waals surface area contributed by atoms with Gasteiger partial charge in [0.2, 0.25) is 0 Å². The summed E-state index contributed by atoms with van der Waals surface area (Å²) in [4.78, 5) is 0. The first kappa shape index (κ1) is 13.8. The second-order valence-corrected chi connectivity index (χ2v) is 4.90. The Kier molecular flexibility index (Phi) is 4.40. The molecule has 0 aliphatic carbocycles. The summed E-state index contributed by atoms with van der Waals surface area (Å²) in [6.07, 6.45) is 0.718. The monoisotopic (exact) mass is 279 g/mol. The van der Waals surface area contributed by atoms with E-state index in [1.807, 2.05) is 19.1 Å². The van der Waals surface area contributed by atoms with E-state index in [-0.39, 0.29) is 11.9 Å². The predicted molar refractivity (Wildman–Crippen MR) is 75.3 cm³/mol. The van der Waals surface area contributed by atoms with E-state index in [0.717, 1.165) is 12.0 Å². The van der Waals surface area contributed by atoms with Crippen molar-refractivity contribution in [3.8, 4) is 11.5 Å². The third kappa shape index (κ3) is 3.94. The average molecular weight is 280 g/mol. The maximum atomic E-state index is 12.8. The molecular weight excluding hydrogens is 265 g/mol. The topological polar surface area (TPSA) is 35.2 Å². The van der Waals surface area contributed by atoms with E-state index in [4.69, 9.17) is 22.1 Å². The molecule has 2 rings (SSSR count). The van der Waals surface area contributed by atoms with Crippen LogP contribution in [0.25, 0.3) is 0 Å². The number of benzene rings is 2. The van der Waals surface area contributed by atoms with Crippen molar-refractivity contribution in [1.29, 1.82) is 0 Å². The van der Waals surface area contributed by atoms with Gasteiger partial charge in [-0.25, -0.2) is 4.39 Å². The highest BCUT2D eigenvalue weighted by Gasteiger charge is 2.06. The zero-order chi connectivity index (χ0) is 13.8. The lowest BCUT2D eigenvalue weighted by molar-refractivity contribution is 0.480. The predicted octanol–water partition coefficient (Wildman–Crippen LogP) is 4.16. The van der Waals surface area contributed by atoms with Crippen LogP contribution in [0.3, 0.4) is 0 Å². The number of halogens is 2. The number of hydrogen-bond acceptors (Lipinski definition) is 2. The fourth-order valence-corrected chi connectivity index (χ4v) is 1.99. The first-order valence-corrected chi connectivity index (χ1v) is 6.40. The van der Waals surface area contributed by atoms with Gasteiger partial charge in [-0.3, -0.25) is 0 Å². The fraction of sp³-hybridized carbons (Fsp3) is 0.200. The quantitative estimate of drug-likeness (QED) is 0.912. The highest BCUT2D eigenvalue weighted by molar-refractivity contribution is 6.31. The van der Waals surface area contributed by atoms with Gasteiger partial charge in [0.25, 0.3) is 0 Å². The largest absolute Gasteiger partial charge is 0.457 e. The summed E-state index contributed by atoms with van der Waals surface area (Å²) in [6, 6.07) is 11.3. The summed E-state index contributed by atoms with van der Waals surface area (Å²) in [5.74, 6) is 0.889. The van der Waals surface area contributed by atoms with Gasteiger partial charge >= 0.3 is 0 Å². The van der Waals surface area contributed by atoms with Crippen molar-refractivity contribution in [2.24, 2.45) is 5.73 Å². The maximum absolute atomic E-state index is 12.8. The number of nitrogens with two attached hydrogens (primary N) is 1. The molecule has 0 saturated carbocycles. The van der Waals surface area contributed by atoms with Gasteiger partial charge in [0.05, 0.1) is 0 Å². The minimum atomic E-state index is -0.294. The normalized spacial score (nSPS) is 12.2. The lowest BCUT2D eigenvalue weighted by atomic mass is 10.1. The van der Waals surface area contributed by atoms with Crippen LogP contribution in [0.5, 0.6) is 11.5 Å². The van der Waals surface area contributed by atoms with Gasteiger partial charge in [0.15, 0.2) is 0 Å². The molecule has 0 aliphatic heterocycles. The standard InChI is InChI=1S/C15H15ClFNO/c1-10(18)8-11-2-5-14(9-15(11)16)19-13-6-3-12(17)4-7-13/h2-7,9-10H,8,18H2,1H3. The lowest BCUT2D eigenvalue weighted by Crippen LogP contribution is -2.17. The summed E-state index contributed by atoms with van der Waals surface area (Å²) >= 11 is 6.17. The van der Waals surface area contributed by atoms with Crippen LogP contribution in [0.15, 0.2) is 42.5 Å². The Balaban J connectivity index is 2.13. The molecule has 2 aromatic carbocycles. The summed E-state index contributed by atoms with van der Waals surface area (Å²) in [7, 11) is 0. The number of ether oxygens (including phenoxy) is 1. The van der Waals surface area contributed by atoms with Crippen molar-refractivity contribution >= 4 is 11.6 Å². The Morgan fingerprint density at radius 2 is 1.79 bits per heavy atom. The molecule has 2 aromatic rings. The van der Waals surface area contributed by atoms with Crippen LogP contribution in [0.1, 0.15) is 12.5 Å². The van der Waals surface area contributed by atoms with Crippen molar-refractivity contribution in [2.45, 2.75) is 19.4 Å². The molecular formula is C15H15ClFNO. The summed E-state index contributed by atoms with van der Waals surface area (Å²) in [6.45, 7) is 1.93. The van der Waals surface area contributed by atoms with E-state index >= 15 is 0 Å². The molecule has 19 heavy (non-hydrogen) atoms. The summed E-state index contributed by atoms with van der Waals surface area (Å²) in [5, 5.41) is 0.622. The van der Waals surface area contributed by atoms with Crippen molar-refractivity contribution in [2.75, 3.05) is 0 Å². The highest BCUT2D eigenvalue weighted by Crippen LogP contribution is 2.27. The van der Waals surface area contributed by atoms with E-state index < -0.39 is 0 Å². The molecule has 4 heteroatoms. The number of rotatable bonds is 4. The molecule has 0 spiro atoms. The molecule has 0 aromatic heterocycles. The van der Waals surface area contributed by atoms with Gasteiger partial charge in [0.1, 0.15) is 17.3 Å². The second-order valence-electron chi connectivity index (χ2n) is 4.49. The molecule has 2 N–H and O–H groups in total. The maximum Gasteiger partial charge on any atom is 0.128 e.